The molecule has 0 amide bonds. The topological polar surface area (TPSA) is 58.1 Å². The van der Waals surface area contributed by atoms with E-state index in [1.165, 1.54) is 31.5 Å². The van der Waals surface area contributed by atoms with Gasteiger partial charge in [-0.3, -0.25) is 9.89 Å². The van der Waals surface area contributed by atoms with Crippen molar-refractivity contribution in [1.29, 1.82) is 0 Å². The molecule has 7 heteroatoms. The molecule has 1 fully saturated rings. The van der Waals surface area contributed by atoms with Crippen LogP contribution in [0.15, 0.2) is 23.2 Å². The van der Waals surface area contributed by atoms with Gasteiger partial charge in [-0.1, -0.05) is 19.9 Å². The van der Waals surface area contributed by atoms with Crippen molar-refractivity contribution < 1.29 is 9.47 Å². The lowest BCUT2D eigenvalue weighted by molar-refractivity contribution is 0.226. The number of nitrogens with zero attached hydrogens (tertiary/aromatic N) is 2. The quantitative estimate of drug-likeness (QED) is 0.308. The van der Waals surface area contributed by atoms with E-state index in [0.717, 1.165) is 37.0 Å². The second kappa shape index (κ2) is 13.1. The molecular formula is C21H37IN4O2. The van der Waals surface area contributed by atoms with Gasteiger partial charge in [0.25, 0.3) is 0 Å². The molecule has 1 saturated heterocycles. The molecule has 0 spiro atoms. The molecule has 2 rings (SSSR count). The van der Waals surface area contributed by atoms with Crippen LogP contribution < -0.4 is 20.1 Å². The molecule has 0 radical (unpaired) electrons. The molecular weight excluding hydrogens is 467 g/mol. The Hall–Kier alpha value is -1.22. The number of aliphatic imine (C=N–C) groups is 1. The van der Waals surface area contributed by atoms with Gasteiger partial charge >= 0.3 is 0 Å². The summed E-state index contributed by atoms with van der Waals surface area (Å²) in [5, 5.41) is 6.91. The third-order valence-corrected chi connectivity index (χ3v) is 4.98. The zero-order valence-electron chi connectivity index (χ0n) is 18.0. The van der Waals surface area contributed by atoms with Crippen molar-refractivity contribution in [2.75, 3.05) is 47.4 Å². The zero-order valence-corrected chi connectivity index (χ0v) is 20.3. The molecule has 0 aromatic heterocycles. The van der Waals surface area contributed by atoms with Gasteiger partial charge in [0.1, 0.15) is 0 Å². The minimum atomic E-state index is 0. The molecule has 1 aromatic rings. The van der Waals surface area contributed by atoms with Crippen molar-refractivity contribution in [2.24, 2.45) is 10.9 Å². The Morgan fingerprint density at radius 3 is 2.61 bits per heavy atom. The zero-order chi connectivity index (χ0) is 19.6. The second-order valence-electron chi connectivity index (χ2n) is 7.50. The Morgan fingerprint density at radius 1 is 1.21 bits per heavy atom. The summed E-state index contributed by atoms with van der Waals surface area (Å²) in [6.07, 6.45) is 3.46. The molecule has 0 aliphatic carbocycles. The molecule has 0 unspecified atom stereocenters. The normalized spacial score (nSPS) is 17.4. The fraction of sp³-hybridized carbons (Fsp3) is 0.667. The molecule has 1 aliphatic heterocycles. The van der Waals surface area contributed by atoms with Gasteiger partial charge in [0, 0.05) is 32.7 Å². The number of likely N-dealkylation sites (tertiary alicyclic amines) is 1. The van der Waals surface area contributed by atoms with Gasteiger partial charge in [-0.2, -0.15) is 0 Å². The predicted octanol–water partition coefficient (Wildman–Crippen LogP) is 3.15. The van der Waals surface area contributed by atoms with Crippen LogP contribution in [0.3, 0.4) is 0 Å². The summed E-state index contributed by atoms with van der Waals surface area (Å²) in [7, 11) is 5.14. The van der Waals surface area contributed by atoms with Gasteiger partial charge in [0.15, 0.2) is 17.5 Å². The Morgan fingerprint density at radius 2 is 1.96 bits per heavy atom. The third-order valence-electron chi connectivity index (χ3n) is 4.98. The maximum Gasteiger partial charge on any atom is 0.191 e. The minimum absolute atomic E-state index is 0. The predicted molar refractivity (Wildman–Crippen MR) is 127 cm³/mol. The molecule has 1 aliphatic rings. The third kappa shape index (κ3) is 7.66. The SMILES string of the molecule is CN=C(NCCc1ccc(OC)c(OC)c1)NC[C@H]1CCCN1CC(C)C.I. The highest BCUT2D eigenvalue weighted by molar-refractivity contribution is 14.0. The molecule has 1 atom stereocenters. The first-order chi connectivity index (χ1) is 13.1. The van der Waals surface area contributed by atoms with E-state index < -0.39 is 0 Å². The smallest absolute Gasteiger partial charge is 0.191 e. The van der Waals surface area contributed by atoms with Crippen LogP contribution in [-0.4, -0.2) is 64.3 Å². The molecule has 6 nitrogen and oxygen atoms in total. The van der Waals surface area contributed by atoms with Gasteiger partial charge < -0.3 is 20.1 Å². The number of hydrogen-bond acceptors (Lipinski definition) is 4. The van der Waals surface area contributed by atoms with Gasteiger partial charge in [0.05, 0.1) is 14.2 Å². The summed E-state index contributed by atoms with van der Waals surface area (Å²) in [6.45, 7) is 8.74. The molecule has 0 saturated carbocycles. The number of halogens is 1. The first kappa shape index (κ1) is 24.8. The van der Waals surface area contributed by atoms with E-state index in [4.69, 9.17) is 9.47 Å². The van der Waals surface area contributed by atoms with E-state index >= 15 is 0 Å². The number of hydrogen-bond donors (Lipinski definition) is 2. The maximum absolute atomic E-state index is 5.37. The van der Waals surface area contributed by atoms with Gasteiger partial charge in [-0.25, -0.2) is 0 Å². The fourth-order valence-corrected chi connectivity index (χ4v) is 3.63. The van der Waals surface area contributed by atoms with Crippen molar-refractivity contribution in [3.63, 3.8) is 0 Å². The summed E-state index contributed by atoms with van der Waals surface area (Å²) in [4.78, 5) is 6.96. The molecule has 160 valence electrons. The lowest BCUT2D eigenvalue weighted by Gasteiger charge is -2.27. The van der Waals surface area contributed by atoms with Gasteiger partial charge in [0.2, 0.25) is 0 Å². The highest BCUT2D eigenvalue weighted by Crippen LogP contribution is 2.27. The van der Waals surface area contributed by atoms with Crippen molar-refractivity contribution >= 4 is 29.9 Å². The summed E-state index contributed by atoms with van der Waals surface area (Å²) >= 11 is 0. The first-order valence-corrected chi connectivity index (χ1v) is 9.96. The van der Waals surface area contributed by atoms with Crippen LogP contribution in [0, 0.1) is 5.92 Å². The molecule has 1 heterocycles. The Balaban J connectivity index is 0.00000392. The van der Waals surface area contributed by atoms with Crippen LogP contribution in [0.1, 0.15) is 32.3 Å². The second-order valence-corrected chi connectivity index (χ2v) is 7.50. The average molecular weight is 504 g/mol. The molecule has 28 heavy (non-hydrogen) atoms. The molecule has 1 aromatic carbocycles. The van der Waals surface area contributed by atoms with E-state index in [1.54, 1.807) is 14.2 Å². The van der Waals surface area contributed by atoms with Crippen LogP contribution in [0.2, 0.25) is 0 Å². The van der Waals surface area contributed by atoms with Crippen molar-refractivity contribution in [1.82, 2.24) is 15.5 Å². The highest BCUT2D eigenvalue weighted by atomic mass is 127. The minimum Gasteiger partial charge on any atom is -0.493 e. The van der Waals surface area contributed by atoms with Crippen LogP contribution in [0.25, 0.3) is 0 Å². The number of methoxy groups -OCH3 is 2. The van der Waals surface area contributed by atoms with Crippen LogP contribution >= 0.6 is 24.0 Å². The van der Waals surface area contributed by atoms with E-state index in [-0.39, 0.29) is 24.0 Å². The Bertz CT molecular complexity index is 610. The van der Waals surface area contributed by atoms with Crippen LogP contribution in [0.4, 0.5) is 0 Å². The highest BCUT2D eigenvalue weighted by Gasteiger charge is 2.24. The molecule has 2 N–H and O–H groups in total. The Kier molecular flexibility index (Phi) is 11.6. The van der Waals surface area contributed by atoms with E-state index in [9.17, 15) is 0 Å². The largest absolute Gasteiger partial charge is 0.493 e. The van der Waals surface area contributed by atoms with E-state index in [1.807, 2.05) is 19.2 Å². The number of guanidine groups is 1. The number of ether oxygens (including phenoxy) is 2. The summed E-state index contributed by atoms with van der Waals surface area (Å²) < 4.78 is 10.7. The summed E-state index contributed by atoms with van der Waals surface area (Å²) in [5.41, 5.74) is 1.20. The monoisotopic (exact) mass is 504 g/mol. The fourth-order valence-electron chi connectivity index (χ4n) is 3.63. The Labute approximate surface area is 187 Å². The lowest BCUT2D eigenvalue weighted by atomic mass is 10.1. The summed E-state index contributed by atoms with van der Waals surface area (Å²) in [6, 6.07) is 6.65. The van der Waals surface area contributed by atoms with Crippen molar-refractivity contribution in [3.8, 4) is 11.5 Å². The summed E-state index contributed by atoms with van der Waals surface area (Å²) in [5.74, 6) is 3.11. The first-order valence-electron chi connectivity index (χ1n) is 9.96. The van der Waals surface area contributed by atoms with Gasteiger partial charge in [-0.05, 0) is 49.4 Å². The van der Waals surface area contributed by atoms with Crippen molar-refractivity contribution in [2.45, 2.75) is 39.2 Å². The van der Waals surface area contributed by atoms with Gasteiger partial charge in [-0.15, -0.1) is 24.0 Å². The standard InChI is InChI=1S/C21H36N4O2.HI/c1-16(2)15-25-12-6-7-18(25)14-24-21(22-3)23-11-10-17-8-9-19(26-4)20(13-17)27-5;/h8-9,13,16,18H,6-7,10-12,14-15H2,1-5H3,(H2,22,23,24);1H/t18-;/m1./s1. The van der Waals surface area contributed by atoms with Crippen LogP contribution in [-0.2, 0) is 6.42 Å². The van der Waals surface area contributed by atoms with Crippen molar-refractivity contribution in [3.05, 3.63) is 23.8 Å². The lowest BCUT2D eigenvalue weighted by Crippen LogP contribution is -2.46. The number of nitrogens with one attached hydrogen (secondary N) is 2. The average Bonchev–Trinajstić information content (AvgIpc) is 3.10. The number of rotatable bonds is 9. The molecule has 0 bridgehead atoms. The maximum atomic E-state index is 5.37. The van der Waals surface area contributed by atoms with E-state index in [2.05, 4.69) is 40.4 Å². The number of benzene rings is 1. The van der Waals surface area contributed by atoms with E-state index in [0.29, 0.717) is 12.0 Å². The van der Waals surface area contributed by atoms with Crippen LogP contribution in [0.5, 0.6) is 11.5 Å².